The van der Waals surface area contributed by atoms with Crippen LogP contribution in [0.4, 0.5) is 5.69 Å². The quantitative estimate of drug-likeness (QED) is 0.412. The molecule has 0 bridgehead atoms. The lowest BCUT2D eigenvalue weighted by atomic mass is 9.95. The highest BCUT2D eigenvalue weighted by atomic mass is 16.5. The first-order valence-electron chi connectivity index (χ1n) is 13.7. The number of pyridine rings is 1. The first-order chi connectivity index (χ1) is 18.6. The van der Waals surface area contributed by atoms with E-state index in [4.69, 9.17) is 4.74 Å². The van der Waals surface area contributed by atoms with Crippen LogP contribution in [0, 0.1) is 6.92 Å². The molecule has 0 spiro atoms. The van der Waals surface area contributed by atoms with Crippen LogP contribution in [-0.2, 0) is 0 Å². The molecule has 9 nitrogen and oxygen atoms in total. The molecule has 0 radical (unpaired) electrons. The lowest BCUT2D eigenvalue weighted by Gasteiger charge is -2.40. The number of H-pyrrole nitrogens is 1. The number of ether oxygens (including phenoxy) is 1. The van der Waals surface area contributed by atoms with Gasteiger partial charge in [0.05, 0.1) is 18.8 Å². The van der Waals surface area contributed by atoms with E-state index in [0.29, 0.717) is 5.56 Å². The molecule has 0 amide bonds. The van der Waals surface area contributed by atoms with Crippen molar-refractivity contribution in [2.45, 2.75) is 51.1 Å². The number of nitrogens with zero attached hydrogens (tertiary/aromatic N) is 6. The Hall–Kier alpha value is -3.72. The van der Waals surface area contributed by atoms with E-state index in [1.54, 1.807) is 7.11 Å². The summed E-state index contributed by atoms with van der Waals surface area (Å²) in [6.07, 6.45) is 5.76. The molecule has 2 aromatic heterocycles. The maximum atomic E-state index is 13.6. The van der Waals surface area contributed by atoms with Crippen LogP contribution in [0.5, 0.6) is 5.75 Å². The molecule has 6 rings (SSSR count). The Bertz CT molecular complexity index is 1470. The highest BCUT2D eigenvalue weighted by Gasteiger charge is 2.34. The molecular formula is C29H35N7O2. The summed E-state index contributed by atoms with van der Waals surface area (Å²) in [4.78, 5) is 21.4. The number of methoxy groups -OCH3 is 1. The zero-order valence-corrected chi connectivity index (χ0v) is 22.1. The van der Waals surface area contributed by atoms with Gasteiger partial charge < -0.3 is 14.6 Å². The summed E-state index contributed by atoms with van der Waals surface area (Å²) in [6.45, 7) is 5.23. The molecule has 3 heterocycles. The van der Waals surface area contributed by atoms with Crippen molar-refractivity contribution in [2.75, 3.05) is 38.2 Å². The van der Waals surface area contributed by atoms with Crippen molar-refractivity contribution in [3.63, 3.8) is 0 Å². The Kier molecular flexibility index (Phi) is 6.84. The van der Waals surface area contributed by atoms with E-state index in [9.17, 15) is 4.79 Å². The molecule has 4 aromatic rings. The molecule has 1 aliphatic carbocycles. The second kappa shape index (κ2) is 10.6. The Morgan fingerprint density at radius 1 is 1.00 bits per heavy atom. The average molecular weight is 514 g/mol. The molecule has 1 atom stereocenters. The molecule has 1 N–H and O–H groups in total. The number of piperazine rings is 1. The molecule has 1 saturated heterocycles. The van der Waals surface area contributed by atoms with Crippen molar-refractivity contribution >= 4 is 16.6 Å². The molecule has 2 aliphatic rings. The van der Waals surface area contributed by atoms with Crippen molar-refractivity contribution < 1.29 is 4.74 Å². The van der Waals surface area contributed by atoms with Gasteiger partial charge in [0.15, 0.2) is 5.82 Å². The molecule has 38 heavy (non-hydrogen) atoms. The van der Waals surface area contributed by atoms with E-state index >= 15 is 0 Å². The van der Waals surface area contributed by atoms with Crippen LogP contribution in [0.15, 0.2) is 53.3 Å². The van der Waals surface area contributed by atoms with Crippen LogP contribution in [-0.4, -0.2) is 63.4 Å². The average Bonchev–Trinajstić information content (AvgIpc) is 3.44. The molecular weight excluding hydrogens is 478 g/mol. The highest BCUT2D eigenvalue weighted by molar-refractivity contribution is 5.79. The normalized spacial score (nSPS) is 18.1. The van der Waals surface area contributed by atoms with E-state index in [2.05, 4.69) is 49.4 Å². The lowest BCUT2D eigenvalue weighted by molar-refractivity contribution is 0.192. The minimum atomic E-state index is -0.333. The van der Waals surface area contributed by atoms with Crippen LogP contribution in [0.25, 0.3) is 10.9 Å². The molecule has 9 heteroatoms. The van der Waals surface area contributed by atoms with E-state index in [-0.39, 0.29) is 17.6 Å². The van der Waals surface area contributed by atoms with Crippen molar-refractivity contribution in [1.82, 2.24) is 30.1 Å². The predicted octanol–water partition coefficient (Wildman–Crippen LogP) is 4.25. The van der Waals surface area contributed by atoms with Crippen molar-refractivity contribution in [3.8, 4) is 5.75 Å². The predicted molar refractivity (Wildman–Crippen MR) is 148 cm³/mol. The van der Waals surface area contributed by atoms with Gasteiger partial charge in [0.1, 0.15) is 11.8 Å². The SMILES string of the molecule is COc1ccccc1N1CCN([C@H](c2cc3cc(C)ccc3[nH]c2=O)c2nnnn2C2CCCCC2)CC1. The monoisotopic (exact) mass is 513 g/mol. The van der Waals surface area contributed by atoms with Crippen molar-refractivity contribution in [1.29, 1.82) is 0 Å². The van der Waals surface area contributed by atoms with Gasteiger partial charge in [0.25, 0.3) is 5.56 Å². The number of nitrogens with one attached hydrogen (secondary N) is 1. The van der Waals surface area contributed by atoms with Crippen molar-refractivity contribution in [3.05, 3.63) is 75.8 Å². The third-order valence-electron chi connectivity index (χ3n) is 8.11. The standard InChI is InChI=1S/C29H35N7O2/c1-20-12-13-24-21(18-20)19-23(29(37)30-24)27(28-31-32-33-36(28)22-8-4-3-5-9-22)35-16-14-34(15-17-35)25-10-6-7-11-26(25)38-2/h6-7,10-13,18-19,22,27H,3-5,8-9,14-17H2,1-2H3,(H,30,37)/t27-/m1/s1. The number of anilines is 1. The summed E-state index contributed by atoms with van der Waals surface area (Å²) in [6, 6.07) is 16.2. The number of hydrogen-bond donors (Lipinski definition) is 1. The van der Waals surface area contributed by atoms with Crippen LogP contribution in [0.1, 0.15) is 61.1 Å². The highest BCUT2D eigenvalue weighted by Crippen LogP contribution is 2.35. The maximum absolute atomic E-state index is 13.6. The van der Waals surface area contributed by atoms with Gasteiger partial charge in [-0.05, 0) is 65.9 Å². The number of rotatable bonds is 6. The molecule has 1 saturated carbocycles. The Morgan fingerprint density at radius 3 is 2.58 bits per heavy atom. The van der Waals surface area contributed by atoms with Gasteiger partial charge in [-0.15, -0.1) is 5.10 Å². The molecule has 0 unspecified atom stereocenters. The number of fused-ring (bicyclic) bond motifs is 1. The van der Waals surface area contributed by atoms with Crippen LogP contribution in [0.2, 0.25) is 0 Å². The smallest absolute Gasteiger partial charge is 0.253 e. The van der Waals surface area contributed by atoms with E-state index in [1.807, 2.05) is 41.1 Å². The summed E-state index contributed by atoms with van der Waals surface area (Å²) in [7, 11) is 1.71. The maximum Gasteiger partial charge on any atom is 0.253 e. The second-order valence-corrected chi connectivity index (χ2v) is 10.5. The van der Waals surface area contributed by atoms with Gasteiger partial charge in [-0.3, -0.25) is 9.69 Å². The number of tetrazole rings is 1. The van der Waals surface area contributed by atoms with Gasteiger partial charge in [-0.2, -0.15) is 0 Å². The number of aromatic nitrogens is 5. The number of aromatic amines is 1. The number of para-hydroxylation sites is 2. The number of benzene rings is 2. The Balaban J connectivity index is 1.39. The fraction of sp³-hybridized carbons (Fsp3) is 0.448. The largest absolute Gasteiger partial charge is 0.495 e. The van der Waals surface area contributed by atoms with E-state index < -0.39 is 0 Å². The fourth-order valence-corrected chi connectivity index (χ4v) is 6.12. The molecule has 2 aromatic carbocycles. The van der Waals surface area contributed by atoms with Crippen LogP contribution >= 0.6 is 0 Å². The minimum absolute atomic E-state index is 0.0864. The van der Waals surface area contributed by atoms with E-state index in [0.717, 1.165) is 72.7 Å². The van der Waals surface area contributed by atoms with Crippen LogP contribution < -0.4 is 15.2 Å². The van der Waals surface area contributed by atoms with Gasteiger partial charge in [-0.1, -0.05) is 43.0 Å². The Morgan fingerprint density at radius 2 is 1.79 bits per heavy atom. The van der Waals surface area contributed by atoms with Crippen LogP contribution in [0.3, 0.4) is 0 Å². The number of aryl methyl sites for hydroxylation is 1. The van der Waals surface area contributed by atoms with Gasteiger partial charge in [0, 0.05) is 37.3 Å². The summed E-state index contributed by atoms with van der Waals surface area (Å²) >= 11 is 0. The lowest BCUT2D eigenvalue weighted by Crippen LogP contribution is -2.49. The summed E-state index contributed by atoms with van der Waals surface area (Å²) in [5.41, 5.74) is 3.70. The fourth-order valence-electron chi connectivity index (χ4n) is 6.12. The Labute approximate surface area is 222 Å². The van der Waals surface area contributed by atoms with Gasteiger partial charge in [-0.25, -0.2) is 4.68 Å². The first-order valence-corrected chi connectivity index (χ1v) is 13.7. The zero-order chi connectivity index (χ0) is 26.1. The minimum Gasteiger partial charge on any atom is -0.495 e. The number of hydrogen-bond acceptors (Lipinski definition) is 7. The topological polar surface area (TPSA) is 92.2 Å². The first kappa shape index (κ1) is 24.6. The van der Waals surface area contributed by atoms with E-state index in [1.165, 1.54) is 19.3 Å². The molecule has 2 fully saturated rings. The van der Waals surface area contributed by atoms with Gasteiger partial charge >= 0.3 is 0 Å². The van der Waals surface area contributed by atoms with Gasteiger partial charge in [0.2, 0.25) is 0 Å². The third-order valence-corrected chi connectivity index (χ3v) is 8.11. The summed E-state index contributed by atoms with van der Waals surface area (Å²) < 4.78 is 7.63. The second-order valence-electron chi connectivity index (χ2n) is 10.5. The molecule has 198 valence electrons. The summed E-state index contributed by atoms with van der Waals surface area (Å²) in [5, 5.41) is 14.2. The summed E-state index contributed by atoms with van der Waals surface area (Å²) in [5.74, 6) is 1.64. The zero-order valence-electron chi connectivity index (χ0n) is 22.1. The molecule has 1 aliphatic heterocycles. The third kappa shape index (κ3) is 4.67. The van der Waals surface area contributed by atoms with Crippen molar-refractivity contribution in [2.24, 2.45) is 0 Å².